The van der Waals surface area contributed by atoms with E-state index in [1.54, 1.807) is 0 Å². The number of benzene rings is 4. The van der Waals surface area contributed by atoms with E-state index in [2.05, 4.69) is 72.8 Å². The average Bonchev–Trinajstić information content (AvgIpc) is 2.78. The molecular weight excluding hydrogens is 503 g/mol. The van der Waals surface area contributed by atoms with E-state index < -0.39 is 13.3 Å². The summed E-state index contributed by atoms with van der Waals surface area (Å²) in [4.78, 5) is 0. The van der Waals surface area contributed by atoms with E-state index in [1.807, 2.05) is 24.3 Å². The summed E-state index contributed by atoms with van der Waals surface area (Å²) < 4.78 is 4.68. The van der Waals surface area contributed by atoms with E-state index in [9.17, 15) is 0 Å². The number of hydrogen-bond donors (Lipinski definition) is 0. The normalized spacial score (nSPS) is 11.4. The van der Waals surface area contributed by atoms with Crippen molar-refractivity contribution < 1.29 is 0 Å². The van der Waals surface area contributed by atoms with Crippen LogP contribution in [0.2, 0.25) is 20.1 Å². The Labute approximate surface area is 193 Å². The second kappa shape index (κ2) is 8.75. The van der Waals surface area contributed by atoms with Crippen LogP contribution in [-0.4, -0.2) is 13.3 Å². The monoisotopic (exact) mass is 518 g/mol. The summed E-state index contributed by atoms with van der Waals surface area (Å²) >= 11 is 22.7. The third kappa shape index (κ3) is 3.62. The minimum atomic E-state index is -3.51. The van der Waals surface area contributed by atoms with Crippen LogP contribution >= 0.6 is 46.4 Å². The molecule has 0 aliphatic heterocycles. The Morgan fingerprint density at radius 1 is 0.448 bits per heavy atom. The fourth-order valence-electron chi connectivity index (χ4n) is 3.88. The Bertz CT molecular complexity index is 1030. The fraction of sp³-hybridized carbons (Fsp3) is 0. The molecule has 0 amide bonds. The molecule has 0 aliphatic carbocycles. The van der Waals surface area contributed by atoms with E-state index in [1.165, 1.54) is 13.2 Å². The summed E-state index contributed by atoms with van der Waals surface area (Å²) in [5.74, 6) is 0. The van der Waals surface area contributed by atoms with E-state index in [0.29, 0.717) is 15.1 Å². The summed E-state index contributed by atoms with van der Waals surface area (Å²) in [7, 11) is 0. The fourth-order valence-corrected chi connectivity index (χ4v) is 15.9. The summed E-state index contributed by atoms with van der Waals surface area (Å²) in [6.45, 7) is 0. The zero-order valence-corrected chi connectivity index (χ0v) is 20.4. The second-order valence-electron chi connectivity index (χ2n) is 6.70. The molecule has 4 aromatic rings. The van der Waals surface area contributed by atoms with Crippen molar-refractivity contribution in [1.29, 1.82) is 0 Å². The maximum absolute atomic E-state index is 6.88. The predicted molar refractivity (Wildman–Crippen MR) is 130 cm³/mol. The molecular formula is C24H16Cl4Ge. The first-order valence-electron chi connectivity index (χ1n) is 9.07. The zero-order chi connectivity index (χ0) is 20.4. The van der Waals surface area contributed by atoms with Gasteiger partial charge in [-0.15, -0.1) is 0 Å². The standard InChI is InChI=1S/C24H16Cl4Ge/c25-20-16-21(23(27)24(28)22(20)26)29(17-10-4-1-5-11-17,18-12-6-2-7-13-18)19-14-8-3-9-15-19/h1-16H. The molecule has 0 aromatic heterocycles. The summed E-state index contributed by atoms with van der Waals surface area (Å²) in [6.07, 6.45) is 0. The van der Waals surface area contributed by atoms with Gasteiger partial charge in [0, 0.05) is 0 Å². The van der Waals surface area contributed by atoms with Crippen LogP contribution in [-0.2, 0) is 0 Å². The molecule has 0 N–H and O–H groups in total. The SMILES string of the molecule is Clc1c[c]([Ge]([c]2ccccc2)([c]2ccccc2)[c]2ccccc2)c(Cl)c(Cl)c1Cl. The molecule has 0 bridgehead atoms. The molecule has 29 heavy (non-hydrogen) atoms. The molecule has 0 saturated heterocycles. The third-order valence-corrected chi connectivity index (χ3v) is 17.3. The van der Waals surface area contributed by atoms with Crippen molar-refractivity contribution in [1.82, 2.24) is 0 Å². The van der Waals surface area contributed by atoms with Crippen molar-refractivity contribution in [3.8, 4) is 0 Å². The molecule has 0 spiro atoms. The predicted octanol–water partition coefficient (Wildman–Crippen LogP) is 5.68. The molecule has 4 rings (SSSR count). The molecule has 144 valence electrons. The molecule has 0 fully saturated rings. The Balaban J connectivity index is 2.22. The number of hydrogen-bond acceptors (Lipinski definition) is 0. The van der Waals surface area contributed by atoms with E-state index in [0.717, 1.165) is 4.40 Å². The number of rotatable bonds is 4. The minimum absolute atomic E-state index is 0.285. The van der Waals surface area contributed by atoms with Crippen molar-refractivity contribution >= 4 is 77.3 Å². The molecule has 0 unspecified atom stereocenters. The van der Waals surface area contributed by atoms with Crippen LogP contribution in [0.3, 0.4) is 0 Å². The van der Waals surface area contributed by atoms with Gasteiger partial charge in [-0.1, -0.05) is 0 Å². The quantitative estimate of drug-likeness (QED) is 0.185. The topological polar surface area (TPSA) is 0 Å². The molecule has 0 radical (unpaired) electrons. The number of halogens is 4. The van der Waals surface area contributed by atoms with Crippen molar-refractivity contribution in [2.45, 2.75) is 0 Å². The van der Waals surface area contributed by atoms with E-state index in [4.69, 9.17) is 46.4 Å². The van der Waals surface area contributed by atoms with Gasteiger partial charge in [-0.25, -0.2) is 0 Å². The summed E-state index contributed by atoms with van der Waals surface area (Å²) in [5.41, 5.74) is 0. The van der Waals surface area contributed by atoms with Crippen molar-refractivity contribution in [3.63, 3.8) is 0 Å². The van der Waals surface area contributed by atoms with Crippen LogP contribution in [0.25, 0.3) is 0 Å². The van der Waals surface area contributed by atoms with E-state index in [-0.39, 0.29) is 5.02 Å². The first-order valence-corrected chi connectivity index (χ1v) is 14.8. The average molecular weight is 519 g/mol. The Kier molecular flexibility index (Phi) is 6.29. The van der Waals surface area contributed by atoms with Gasteiger partial charge in [0.25, 0.3) is 0 Å². The van der Waals surface area contributed by atoms with Gasteiger partial charge < -0.3 is 0 Å². The Morgan fingerprint density at radius 3 is 1.21 bits per heavy atom. The van der Waals surface area contributed by atoms with Gasteiger partial charge in [0.15, 0.2) is 0 Å². The van der Waals surface area contributed by atoms with Crippen molar-refractivity contribution in [2.75, 3.05) is 0 Å². The van der Waals surface area contributed by atoms with Gasteiger partial charge in [0.05, 0.1) is 0 Å². The van der Waals surface area contributed by atoms with Gasteiger partial charge >= 0.3 is 194 Å². The molecule has 5 heteroatoms. The Hall–Kier alpha value is -1.42. The van der Waals surface area contributed by atoms with Crippen molar-refractivity contribution in [3.05, 3.63) is 117 Å². The van der Waals surface area contributed by atoms with Gasteiger partial charge in [0.1, 0.15) is 0 Å². The first kappa shape index (κ1) is 20.8. The van der Waals surface area contributed by atoms with Gasteiger partial charge in [0.2, 0.25) is 0 Å². The molecule has 4 aromatic carbocycles. The molecule has 0 aliphatic rings. The molecule has 0 nitrogen and oxygen atoms in total. The molecule has 0 saturated carbocycles. The molecule has 0 atom stereocenters. The van der Waals surface area contributed by atoms with Crippen LogP contribution in [0.1, 0.15) is 0 Å². The summed E-state index contributed by atoms with van der Waals surface area (Å²) in [5, 5.41) is 1.47. The van der Waals surface area contributed by atoms with Crippen LogP contribution in [0.4, 0.5) is 0 Å². The van der Waals surface area contributed by atoms with Gasteiger partial charge in [-0.05, 0) is 0 Å². The van der Waals surface area contributed by atoms with Crippen LogP contribution in [0, 0.1) is 0 Å². The van der Waals surface area contributed by atoms with Gasteiger partial charge in [-0.2, -0.15) is 0 Å². The maximum atomic E-state index is 6.88. The van der Waals surface area contributed by atoms with Crippen LogP contribution in [0.15, 0.2) is 97.1 Å². The third-order valence-electron chi connectivity index (χ3n) is 5.13. The van der Waals surface area contributed by atoms with Crippen LogP contribution in [0.5, 0.6) is 0 Å². The second-order valence-corrected chi connectivity index (χ2v) is 16.1. The van der Waals surface area contributed by atoms with E-state index >= 15 is 0 Å². The zero-order valence-electron chi connectivity index (χ0n) is 15.2. The Morgan fingerprint density at radius 2 is 0.828 bits per heavy atom. The van der Waals surface area contributed by atoms with Crippen molar-refractivity contribution in [2.24, 2.45) is 0 Å². The summed E-state index contributed by atoms with van der Waals surface area (Å²) in [6, 6.07) is 33.4. The first-order chi connectivity index (χ1) is 14.1. The van der Waals surface area contributed by atoms with Gasteiger partial charge in [-0.3, -0.25) is 0 Å². The molecule has 0 heterocycles. The van der Waals surface area contributed by atoms with Crippen LogP contribution < -0.4 is 17.6 Å².